The minimum Gasteiger partial charge on any atom is -0.462 e. The van der Waals surface area contributed by atoms with Gasteiger partial charge in [-0.1, -0.05) is 30.3 Å². The second-order valence-corrected chi connectivity index (χ2v) is 7.26. The average molecular weight is 388 g/mol. The Balaban J connectivity index is 1.33. The number of rotatable bonds is 5. The number of aryl methyl sites for hydroxylation is 2. The lowest BCUT2D eigenvalue weighted by molar-refractivity contribution is 0.0497. The molecule has 6 heteroatoms. The Morgan fingerprint density at radius 3 is 2.86 bits per heavy atom. The van der Waals surface area contributed by atoms with Gasteiger partial charge in [0.2, 0.25) is 0 Å². The lowest BCUT2D eigenvalue weighted by Gasteiger charge is -2.12. The lowest BCUT2D eigenvalue weighted by atomic mass is 10.0. The third-order valence-electron chi connectivity index (χ3n) is 5.46. The van der Waals surface area contributed by atoms with Crippen molar-refractivity contribution in [3.05, 3.63) is 75.9 Å². The van der Waals surface area contributed by atoms with Crippen molar-refractivity contribution in [2.45, 2.75) is 32.2 Å². The van der Waals surface area contributed by atoms with Gasteiger partial charge in [-0.15, -0.1) is 0 Å². The molecule has 0 saturated heterocycles. The summed E-state index contributed by atoms with van der Waals surface area (Å²) in [5.41, 5.74) is 4.82. The minimum absolute atomic E-state index is 0.232. The molecule has 29 heavy (non-hydrogen) atoms. The fourth-order valence-corrected chi connectivity index (χ4v) is 4.13. The highest BCUT2D eigenvalue weighted by Gasteiger charge is 2.24. The molecular formula is C23H20N2O4. The number of carbonyl (C=O) groups excluding carboxylic acids is 1. The first kappa shape index (κ1) is 17.7. The summed E-state index contributed by atoms with van der Waals surface area (Å²) in [5, 5.41) is 0.843. The standard InChI is InChI=1S/C23H20N2O4/c26-22(21-15-7-1-2-9-17(15)24-18-10-5-8-16(18)21)28-14-6-13-25-19-11-3-4-12-20(19)29-23(25)27/h1-4,7,9,11-12H,5-6,8,10,13-14H2. The van der Waals surface area contributed by atoms with E-state index in [0.717, 1.165) is 46.9 Å². The van der Waals surface area contributed by atoms with E-state index in [1.807, 2.05) is 42.5 Å². The number of pyridine rings is 1. The summed E-state index contributed by atoms with van der Waals surface area (Å²) >= 11 is 0. The molecule has 2 heterocycles. The van der Waals surface area contributed by atoms with Crippen molar-refractivity contribution in [2.24, 2.45) is 0 Å². The van der Waals surface area contributed by atoms with Crippen molar-refractivity contribution >= 4 is 28.0 Å². The summed E-state index contributed by atoms with van der Waals surface area (Å²) in [7, 11) is 0. The third-order valence-corrected chi connectivity index (χ3v) is 5.46. The molecule has 0 saturated carbocycles. The molecule has 0 amide bonds. The van der Waals surface area contributed by atoms with Gasteiger partial charge in [-0.2, -0.15) is 0 Å². The lowest BCUT2D eigenvalue weighted by Crippen LogP contribution is -2.17. The minimum atomic E-state index is -0.393. The Morgan fingerprint density at radius 1 is 1.10 bits per heavy atom. The van der Waals surface area contributed by atoms with Gasteiger partial charge >= 0.3 is 11.7 Å². The van der Waals surface area contributed by atoms with Crippen molar-refractivity contribution in [3.63, 3.8) is 0 Å². The van der Waals surface area contributed by atoms with Crippen molar-refractivity contribution in [3.8, 4) is 0 Å². The summed E-state index contributed by atoms with van der Waals surface area (Å²) < 4.78 is 12.4. The molecule has 0 fully saturated rings. The Hall–Kier alpha value is -3.41. The molecule has 1 aliphatic carbocycles. The highest BCUT2D eigenvalue weighted by molar-refractivity contribution is 6.05. The second kappa shape index (κ2) is 7.20. The van der Waals surface area contributed by atoms with E-state index < -0.39 is 5.76 Å². The van der Waals surface area contributed by atoms with Crippen LogP contribution in [0.3, 0.4) is 0 Å². The summed E-state index contributed by atoms with van der Waals surface area (Å²) in [6.07, 6.45) is 3.29. The second-order valence-electron chi connectivity index (χ2n) is 7.26. The first-order chi connectivity index (χ1) is 14.2. The summed E-state index contributed by atoms with van der Waals surface area (Å²) in [4.78, 5) is 29.7. The van der Waals surface area contributed by atoms with E-state index in [-0.39, 0.29) is 12.6 Å². The van der Waals surface area contributed by atoms with Crippen molar-refractivity contribution < 1.29 is 13.9 Å². The predicted molar refractivity (Wildman–Crippen MR) is 109 cm³/mol. The molecule has 2 aromatic heterocycles. The van der Waals surface area contributed by atoms with Crippen LogP contribution in [0.5, 0.6) is 0 Å². The molecule has 0 unspecified atom stereocenters. The van der Waals surface area contributed by atoms with Gasteiger partial charge in [-0.3, -0.25) is 9.55 Å². The van der Waals surface area contributed by atoms with Gasteiger partial charge in [0, 0.05) is 17.6 Å². The molecule has 0 bridgehead atoms. The molecule has 6 nitrogen and oxygen atoms in total. The fourth-order valence-electron chi connectivity index (χ4n) is 4.13. The van der Waals surface area contributed by atoms with Crippen LogP contribution in [0.15, 0.2) is 57.7 Å². The molecule has 0 N–H and O–H groups in total. The topological polar surface area (TPSA) is 74.3 Å². The summed E-state index contributed by atoms with van der Waals surface area (Å²) in [6.45, 7) is 0.661. The van der Waals surface area contributed by atoms with Crippen LogP contribution < -0.4 is 5.76 Å². The van der Waals surface area contributed by atoms with Gasteiger partial charge in [0.05, 0.1) is 23.2 Å². The van der Waals surface area contributed by atoms with Gasteiger partial charge in [-0.05, 0) is 49.4 Å². The van der Waals surface area contributed by atoms with Crippen LogP contribution in [-0.4, -0.2) is 22.1 Å². The Bertz CT molecular complexity index is 1290. The van der Waals surface area contributed by atoms with Crippen LogP contribution in [0.2, 0.25) is 0 Å². The molecule has 0 spiro atoms. The maximum absolute atomic E-state index is 12.9. The number of hydrogen-bond acceptors (Lipinski definition) is 5. The predicted octanol–water partition coefficient (Wildman–Crippen LogP) is 3.88. The first-order valence-electron chi connectivity index (χ1n) is 9.88. The van der Waals surface area contributed by atoms with Crippen LogP contribution in [0.25, 0.3) is 22.0 Å². The zero-order valence-corrected chi connectivity index (χ0v) is 15.9. The Labute approximate surface area is 166 Å². The first-order valence-corrected chi connectivity index (χ1v) is 9.88. The van der Waals surface area contributed by atoms with Crippen LogP contribution in [-0.2, 0) is 24.1 Å². The molecule has 146 valence electrons. The Morgan fingerprint density at radius 2 is 1.93 bits per heavy atom. The van der Waals surface area contributed by atoms with Crippen LogP contribution in [0.1, 0.15) is 34.5 Å². The van der Waals surface area contributed by atoms with Crippen molar-refractivity contribution in [2.75, 3.05) is 6.61 Å². The number of ether oxygens (including phenoxy) is 1. The van der Waals surface area contributed by atoms with Gasteiger partial charge < -0.3 is 9.15 Å². The van der Waals surface area contributed by atoms with E-state index in [1.165, 1.54) is 0 Å². The number of fused-ring (bicyclic) bond motifs is 3. The van der Waals surface area contributed by atoms with Crippen molar-refractivity contribution in [1.29, 1.82) is 0 Å². The monoisotopic (exact) mass is 388 g/mol. The zero-order chi connectivity index (χ0) is 19.8. The highest BCUT2D eigenvalue weighted by Crippen LogP contribution is 2.30. The number of hydrogen-bond donors (Lipinski definition) is 0. The number of nitrogens with zero attached hydrogens (tertiary/aromatic N) is 2. The SMILES string of the molecule is O=C(OCCCn1c(=O)oc2ccccc21)c1c2c(nc3ccccc13)CCC2. The van der Waals surface area contributed by atoms with Crippen molar-refractivity contribution in [1.82, 2.24) is 9.55 Å². The maximum Gasteiger partial charge on any atom is 0.419 e. The maximum atomic E-state index is 12.9. The van der Waals surface area contributed by atoms with Crippen LogP contribution in [0.4, 0.5) is 0 Å². The fraction of sp³-hybridized carbons (Fsp3) is 0.261. The smallest absolute Gasteiger partial charge is 0.419 e. The molecule has 1 aliphatic rings. The molecule has 0 aliphatic heterocycles. The number of para-hydroxylation sites is 3. The summed E-state index contributed by atoms with van der Waals surface area (Å²) in [6, 6.07) is 15.0. The number of aromatic nitrogens is 2. The molecule has 4 aromatic rings. The summed E-state index contributed by atoms with van der Waals surface area (Å²) in [5.74, 6) is -0.707. The molecule has 0 atom stereocenters. The number of oxazole rings is 1. The number of carbonyl (C=O) groups is 1. The molecular weight excluding hydrogens is 368 g/mol. The van der Waals surface area contributed by atoms with Crippen LogP contribution >= 0.6 is 0 Å². The molecule has 0 radical (unpaired) electrons. The molecule has 2 aromatic carbocycles. The van der Waals surface area contributed by atoms with Crippen LogP contribution in [0, 0.1) is 0 Å². The van der Waals surface area contributed by atoms with E-state index in [2.05, 4.69) is 0 Å². The van der Waals surface area contributed by atoms with E-state index >= 15 is 0 Å². The largest absolute Gasteiger partial charge is 0.462 e. The average Bonchev–Trinajstić information content (AvgIpc) is 3.32. The Kier molecular flexibility index (Phi) is 4.39. The number of esters is 1. The van der Waals surface area contributed by atoms with E-state index in [0.29, 0.717) is 24.1 Å². The highest BCUT2D eigenvalue weighted by atomic mass is 16.5. The number of benzene rings is 2. The van der Waals surface area contributed by atoms with Gasteiger partial charge in [0.25, 0.3) is 0 Å². The zero-order valence-electron chi connectivity index (χ0n) is 15.9. The third kappa shape index (κ3) is 3.10. The van der Waals surface area contributed by atoms with E-state index in [4.69, 9.17) is 14.1 Å². The van der Waals surface area contributed by atoms with Gasteiger partial charge in [0.1, 0.15) is 0 Å². The normalized spacial score (nSPS) is 13.1. The van der Waals surface area contributed by atoms with E-state index in [9.17, 15) is 9.59 Å². The van der Waals surface area contributed by atoms with Gasteiger partial charge in [-0.25, -0.2) is 9.59 Å². The quantitative estimate of drug-likeness (QED) is 0.383. The van der Waals surface area contributed by atoms with Gasteiger partial charge in [0.15, 0.2) is 5.58 Å². The van der Waals surface area contributed by atoms with E-state index in [1.54, 1.807) is 10.6 Å². The molecule has 5 rings (SSSR count).